The minimum absolute atomic E-state index is 0.271. The molecule has 0 spiro atoms. The molecule has 3 N–H and O–H groups in total. The van der Waals surface area contributed by atoms with Crippen LogP contribution in [0.15, 0.2) is 47.3 Å². The Hall–Kier alpha value is -3.48. The summed E-state index contributed by atoms with van der Waals surface area (Å²) in [5, 5.41) is 2.76. The third-order valence-corrected chi connectivity index (χ3v) is 3.78. The van der Waals surface area contributed by atoms with Crippen molar-refractivity contribution in [3.05, 3.63) is 58.5 Å². The van der Waals surface area contributed by atoms with Crippen LogP contribution in [-0.2, 0) is 4.79 Å². The van der Waals surface area contributed by atoms with Gasteiger partial charge in [-0.15, -0.1) is 0 Å². The highest BCUT2D eigenvalue weighted by Crippen LogP contribution is 2.31. The highest BCUT2D eigenvalue weighted by Gasteiger charge is 2.10. The van der Waals surface area contributed by atoms with Crippen LogP contribution < -0.4 is 20.5 Å². The molecule has 2 aromatic carbocycles. The zero-order chi connectivity index (χ0) is 17.2. The van der Waals surface area contributed by atoms with Crippen LogP contribution in [0.2, 0.25) is 0 Å². The quantitative estimate of drug-likeness (QED) is 0.639. The number of hydrogen-bond acceptors (Lipinski definition) is 4. The van der Waals surface area contributed by atoms with Gasteiger partial charge in [-0.2, -0.15) is 0 Å². The summed E-state index contributed by atoms with van der Waals surface area (Å²) in [6, 6.07) is 10.7. The molecule has 0 saturated heterocycles. The lowest BCUT2D eigenvalue weighted by atomic mass is 10.2. The zero-order valence-electron chi connectivity index (χ0n) is 13.2. The topological polar surface area (TPSA) is 96.2 Å². The smallest absolute Gasteiger partial charge is 0.323 e. The van der Waals surface area contributed by atoms with Crippen molar-refractivity contribution in [2.45, 2.75) is 0 Å². The summed E-state index contributed by atoms with van der Waals surface area (Å²) < 4.78 is 11.0. The van der Waals surface area contributed by atoms with E-state index in [1.165, 1.54) is 6.08 Å². The van der Waals surface area contributed by atoms with Gasteiger partial charge >= 0.3 is 5.69 Å². The van der Waals surface area contributed by atoms with E-state index in [2.05, 4.69) is 15.3 Å². The van der Waals surface area contributed by atoms with Gasteiger partial charge in [-0.3, -0.25) is 4.79 Å². The number of aromatic amines is 2. The molecule has 0 unspecified atom stereocenters. The number of aromatic nitrogens is 2. The van der Waals surface area contributed by atoms with Crippen LogP contribution >= 0.6 is 0 Å². The molecule has 0 atom stereocenters. The Bertz CT molecular complexity index is 1030. The highest BCUT2D eigenvalue weighted by atomic mass is 16.6. The number of rotatable bonds is 3. The van der Waals surface area contributed by atoms with Crippen molar-refractivity contribution >= 4 is 28.7 Å². The van der Waals surface area contributed by atoms with E-state index in [0.29, 0.717) is 41.4 Å². The molecule has 1 aromatic heterocycles. The fourth-order valence-corrected chi connectivity index (χ4v) is 2.63. The maximum Gasteiger partial charge on any atom is 0.323 e. The number of carbonyl (C=O) groups is 1. The number of carbonyl (C=O) groups excluding carboxylic acids is 1. The number of imidazole rings is 1. The van der Waals surface area contributed by atoms with Crippen molar-refractivity contribution in [1.82, 2.24) is 9.97 Å². The largest absolute Gasteiger partial charge is 0.486 e. The van der Waals surface area contributed by atoms with Crippen molar-refractivity contribution in [2.24, 2.45) is 0 Å². The summed E-state index contributed by atoms with van der Waals surface area (Å²) in [7, 11) is 0. The average Bonchev–Trinajstić information content (AvgIpc) is 2.99. The zero-order valence-corrected chi connectivity index (χ0v) is 13.2. The molecule has 0 radical (unpaired) electrons. The second-order valence-corrected chi connectivity index (χ2v) is 5.57. The number of amides is 1. The van der Waals surface area contributed by atoms with Gasteiger partial charge in [0.2, 0.25) is 5.91 Å². The lowest BCUT2D eigenvalue weighted by Gasteiger charge is -2.18. The molecule has 4 rings (SSSR count). The number of nitrogens with one attached hydrogen (secondary N) is 3. The first kappa shape index (κ1) is 15.1. The van der Waals surface area contributed by atoms with Gasteiger partial charge in [-0.25, -0.2) is 4.79 Å². The Morgan fingerprint density at radius 1 is 1.00 bits per heavy atom. The summed E-state index contributed by atoms with van der Waals surface area (Å²) >= 11 is 0. The van der Waals surface area contributed by atoms with Gasteiger partial charge in [0.15, 0.2) is 11.5 Å². The minimum atomic E-state index is -0.281. The van der Waals surface area contributed by atoms with Gasteiger partial charge < -0.3 is 24.8 Å². The van der Waals surface area contributed by atoms with Gasteiger partial charge in [-0.05, 0) is 42.0 Å². The van der Waals surface area contributed by atoms with Crippen LogP contribution in [0.1, 0.15) is 5.56 Å². The molecule has 1 amide bonds. The number of ether oxygens (including phenoxy) is 2. The Kier molecular flexibility index (Phi) is 3.74. The van der Waals surface area contributed by atoms with Gasteiger partial charge in [0, 0.05) is 11.8 Å². The number of benzene rings is 2. The van der Waals surface area contributed by atoms with E-state index in [4.69, 9.17) is 9.47 Å². The molecule has 7 heteroatoms. The van der Waals surface area contributed by atoms with Gasteiger partial charge in [0.05, 0.1) is 11.0 Å². The van der Waals surface area contributed by atoms with E-state index >= 15 is 0 Å². The van der Waals surface area contributed by atoms with Crippen LogP contribution in [-0.4, -0.2) is 29.1 Å². The summed E-state index contributed by atoms with van der Waals surface area (Å²) in [6.07, 6.45) is 3.14. The first-order chi connectivity index (χ1) is 12.2. The standard InChI is InChI=1S/C18H15N3O4/c22-17(19-12-3-4-13-14(10-12)21-18(23)20-13)6-2-11-1-5-15-16(9-11)25-8-7-24-15/h1-6,9-10H,7-8H2,(H,19,22)(H2,20,21,23)/b6-2+. The monoisotopic (exact) mass is 337 g/mol. The Labute approximate surface area is 142 Å². The lowest BCUT2D eigenvalue weighted by Crippen LogP contribution is -2.15. The molecule has 1 aliphatic heterocycles. The van der Waals surface area contributed by atoms with Crippen molar-refractivity contribution in [3.63, 3.8) is 0 Å². The number of hydrogen-bond donors (Lipinski definition) is 3. The summed E-state index contributed by atoms with van der Waals surface area (Å²) in [5.74, 6) is 1.12. The highest BCUT2D eigenvalue weighted by molar-refractivity contribution is 6.02. The normalized spacial score (nSPS) is 13.3. The second kappa shape index (κ2) is 6.20. The molecule has 0 aliphatic carbocycles. The van der Waals surface area contributed by atoms with Gasteiger partial charge in [-0.1, -0.05) is 6.07 Å². The van der Waals surface area contributed by atoms with Crippen molar-refractivity contribution in [1.29, 1.82) is 0 Å². The fraction of sp³-hybridized carbons (Fsp3) is 0.111. The predicted octanol–water partition coefficient (Wildman–Crippen LogP) is 2.28. The molecular weight excluding hydrogens is 322 g/mol. The third-order valence-electron chi connectivity index (χ3n) is 3.78. The SMILES string of the molecule is O=C(/C=C/c1ccc2c(c1)OCCO2)Nc1ccc2[nH]c(=O)[nH]c2c1. The second-order valence-electron chi connectivity index (χ2n) is 5.57. The predicted molar refractivity (Wildman–Crippen MR) is 94.0 cm³/mol. The van der Waals surface area contributed by atoms with E-state index in [9.17, 15) is 9.59 Å². The van der Waals surface area contributed by atoms with Gasteiger partial charge in [0.25, 0.3) is 0 Å². The molecular formula is C18H15N3O4. The van der Waals surface area contributed by atoms with Crippen LogP contribution in [0.3, 0.4) is 0 Å². The van der Waals surface area contributed by atoms with Crippen LogP contribution in [0.25, 0.3) is 17.1 Å². The molecule has 0 fully saturated rings. The van der Waals surface area contributed by atoms with E-state index in [1.807, 2.05) is 18.2 Å². The molecule has 0 bridgehead atoms. The molecule has 3 aromatic rings. The molecule has 2 heterocycles. The Morgan fingerprint density at radius 2 is 1.80 bits per heavy atom. The lowest BCUT2D eigenvalue weighted by molar-refractivity contribution is -0.111. The van der Waals surface area contributed by atoms with E-state index in [-0.39, 0.29) is 11.6 Å². The summed E-state index contributed by atoms with van der Waals surface area (Å²) in [5.41, 5.74) is 2.48. The maximum absolute atomic E-state index is 12.1. The number of fused-ring (bicyclic) bond motifs is 2. The molecule has 7 nitrogen and oxygen atoms in total. The van der Waals surface area contributed by atoms with Crippen molar-refractivity contribution in [2.75, 3.05) is 18.5 Å². The summed E-state index contributed by atoms with van der Waals surface area (Å²) in [6.45, 7) is 1.06. The fourth-order valence-electron chi connectivity index (χ4n) is 2.63. The van der Waals surface area contributed by atoms with E-state index in [1.54, 1.807) is 24.3 Å². The molecule has 1 aliphatic rings. The van der Waals surface area contributed by atoms with Crippen LogP contribution in [0.5, 0.6) is 11.5 Å². The van der Waals surface area contributed by atoms with Gasteiger partial charge in [0.1, 0.15) is 13.2 Å². The van der Waals surface area contributed by atoms with Crippen LogP contribution in [0, 0.1) is 0 Å². The maximum atomic E-state index is 12.1. The summed E-state index contributed by atoms with van der Waals surface area (Å²) in [4.78, 5) is 28.6. The molecule has 126 valence electrons. The van der Waals surface area contributed by atoms with Crippen LogP contribution in [0.4, 0.5) is 5.69 Å². The van der Waals surface area contributed by atoms with E-state index in [0.717, 1.165) is 5.56 Å². The first-order valence-electron chi connectivity index (χ1n) is 7.78. The minimum Gasteiger partial charge on any atom is -0.486 e. The Morgan fingerprint density at radius 3 is 2.68 bits per heavy atom. The number of H-pyrrole nitrogens is 2. The molecule has 25 heavy (non-hydrogen) atoms. The van der Waals surface area contributed by atoms with E-state index < -0.39 is 0 Å². The molecule has 0 saturated carbocycles. The number of anilines is 1. The average molecular weight is 337 g/mol. The van der Waals surface area contributed by atoms with Crippen molar-refractivity contribution < 1.29 is 14.3 Å². The van der Waals surface area contributed by atoms with Crippen molar-refractivity contribution in [3.8, 4) is 11.5 Å². The third kappa shape index (κ3) is 3.25. The Balaban J connectivity index is 1.47. The first-order valence-corrected chi connectivity index (χ1v) is 7.78.